The van der Waals surface area contributed by atoms with Crippen molar-refractivity contribution in [3.63, 3.8) is 0 Å². The lowest BCUT2D eigenvalue weighted by molar-refractivity contribution is 0.188. The fourth-order valence-electron chi connectivity index (χ4n) is 4.13. The first-order valence-corrected chi connectivity index (χ1v) is 12.3. The number of para-hydroxylation sites is 1. The Bertz CT molecular complexity index is 988. The molecule has 32 heavy (non-hydrogen) atoms. The number of rotatable bonds is 7. The van der Waals surface area contributed by atoms with Crippen LogP contribution in [-0.2, 0) is 10.0 Å². The van der Waals surface area contributed by atoms with Crippen molar-refractivity contribution < 1.29 is 18.3 Å². The van der Waals surface area contributed by atoms with E-state index in [1.165, 1.54) is 11.4 Å². The van der Waals surface area contributed by atoms with E-state index in [9.17, 15) is 8.42 Å². The Morgan fingerprint density at radius 3 is 1.97 bits per heavy atom. The van der Waals surface area contributed by atoms with Crippen LogP contribution in [0.2, 0.25) is 0 Å². The zero-order valence-electron chi connectivity index (χ0n) is 18.3. The molecule has 10 nitrogen and oxygen atoms in total. The normalized spacial score (nSPS) is 18.7. The average molecular weight is 463 g/mol. The number of benzene rings is 1. The lowest BCUT2D eigenvalue weighted by Gasteiger charge is -2.36. The number of aromatic nitrogens is 2. The summed E-state index contributed by atoms with van der Waals surface area (Å²) in [6.07, 6.45) is 0. The number of aliphatic hydroxyl groups is 1. The molecule has 11 heteroatoms. The summed E-state index contributed by atoms with van der Waals surface area (Å²) >= 11 is 0. The second-order valence-corrected chi connectivity index (χ2v) is 9.75. The van der Waals surface area contributed by atoms with Gasteiger partial charge in [-0.05, 0) is 24.3 Å². The van der Waals surface area contributed by atoms with Gasteiger partial charge in [-0.3, -0.25) is 4.90 Å². The van der Waals surface area contributed by atoms with Crippen molar-refractivity contribution in [3.05, 3.63) is 36.4 Å². The minimum absolute atomic E-state index is 0.182. The number of hydrogen-bond donors (Lipinski definition) is 1. The molecule has 174 valence electrons. The van der Waals surface area contributed by atoms with Gasteiger partial charge in [0.1, 0.15) is 10.6 Å². The molecule has 1 aromatic heterocycles. The van der Waals surface area contributed by atoms with Crippen molar-refractivity contribution in [1.82, 2.24) is 19.4 Å². The van der Waals surface area contributed by atoms with Gasteiger partial charge < -0.3 is 19.6 Å². The van der Waals surface area contributed by atoms with Gasteiger partial charge in [0.2, 0.25) is 10.0 Å². The third-order valence-corrected chi connectivity index (χ3v) is 7.94. The molecular formula is C21H30N6O4S. The van der Waals surface area contributed by atoms with Crippen LogP contribution in [0.4, 0.5) is 11.6 Å². The van der Waals surface area contributed by atoms with Crippen LogP contribution in [0.15, 0.2) is 41.3 Å². The van der Waals surface area contributed by atoms with E-state index in [-0.39, 0.29) is 11.5 Å². The van der Waals surface area contributed by atoms with Gasteiger partial charge >= 0.3 is 0 Å². The highest BCUT2D eigenvalue weighted by Crippen LogP contribution is 2.27. The lowest BCUT2D eigenvalue weighted by Crippen LogP contribution is -2.49. The van der Waals surface area contributed by atoms with Crippen LogP contribution in [0.25, 0.3) is 0 Å². The maximum absolute atomic E-state index is 13.1. The standard InChI is InChI=1S/C21H30N6O4S/c1-31-18-4-2-3-5-19(18)32(29,30)27-14-12-26(13-15-27)21-7-6-20(22-23-21)25-10-8-24(9-11-25)16-17-28/h2-7,28H,8-17H2,1H3. The number of anilines is 2. The van der Waals surface area contributed by atoms with Crippen molar-refractivity contribution in [2.45, 2.75) is 4.90 Å². The largest absolute Gasteiger partial charge is 0.495 e. The number of nitrogens with zero attached hydrogens (tertiary/aromatic N) is 6. The molecule has 0 saturated carbocycles. The minimum atomic E-state index is -3.62. The molecular weight excluding hydrogens is 432 g/mol. The molecule has 0 unspecified atom stereocenters. The smallest absolute Gasteiger partial charge is 0.246 e. The van der Waals surface area contributed by atoms with Gasteiger partial charge in [0.15, 0.2) is 11.6 Å². The van der Waals surface area contributed by atoms with Gasteiger partial charge in [0.05, 0.1) is 13.7 Å². The fourth-order valence-corrected chi connectivity index (χ4v) is 5.70. The van der Waals surface area contributed by atoms with Crippen LogP contribution in [0.1, 0.15) is 0 Å². The van der Waals surface area contributed by atoms with E-state index in [1.807, 2.05) is 12.1 Å². The van der Waals surface area contributed by atoms with Gasteiger partial charge in [-0.2, -0.15) is 4.31 Å². The van der Waals surface area contributed by atoms with Crippen LogP contribution in [0.5, 0.6) is 5.75 Å². The van der Waals surface area contributed by atoms with Crippen molar-refractivity contribution in [3.8, 4) is 5.75 Å². The predicted molar refractivity (Wildman–Crippen MR) is 122 cm³/mol. The number of hydrogen-bond acceptors (Lipinski definition) is 9. The first-order chi connectivity index (χ1) is 15.5. The summed E-state index contributed by atoms with van der Waals surface area (Å²) in [5.41, 5.74) is 0. The Morgan fingerprint density at radius 1 is 0.875 bits per heavy atom. The van der Waals surface area contributed by atoms with Crippen molar-refractivity contribution >= 4 is 21.7 Å². The number of piperazine rings is 2. The van der Waals surface area contributed by atoms with E-state index >= 15 is 0 Å². The molecule has 2 fully saturated rings. The zero-order chi connectivity index (χ0) is 22.6. The molecule has 0 amide bonds. The Hall–Kier alpha value is -2.47. The van der Waals surface area contributed by atoms with Gasteiger partial charge in [0, 0.05) is 58.9 Å². The molecule has 2 aliphatic rings. The first-order valence-electron chi connectivity index (χ1n) is 10.8. The van der Waals surface area contributed by atoms with Gasteiger partial charge in [-0.15, -0.1) is 10.2 Å². The van der Waals surface area contributed by atoms with Gasteiger partial charge in [-0.1, -0.05) is 12.1 Å². The van der Waals surface area contributed by atoms with E-state index in [0.717, 1.165) is 37.8 Å². The molecule has 0 atom stereocenters. The summed E-state index contributed by atoms with van der Waals surface area (Å²) in [5, 5.41) is 17.9. The van der Waals surface area contributed by atoms with E-state index in [4.69, 9.17) is 9.84 Å². The average Bonchev–Trinajstić information content (AvgIpc) is 2.85. The predicted octanol–water partition coefficient (Wildman–Crippen LogP) is 0.110. The maximum atomic E-state index is 13.1. The van der Waals surface area contributed by atoms with E-state index in [1.54, 1.807) is 24.3 Å². The van der Waals surface area contributed by atoms with Crippen molar-refractivity contribution in [1.29, 1.82) is 0 Å². The Morgan fingerprint density at radius 2 is 1.44 bits per heavy atom. The summed E-state index contributed by atoms with van der Waals surface area (Å²) < 4.78 is 32.9. The molecule has 0 aliphatic carbocycles. The molecule has 2 aliphatic heterocycles. The van der Waals surface area contributed by atoms with Crippen LogP contribution < -0.4 is 14.5 Å². The summed E-state index contributed by atoms with van der Waals surface area (Å²) in [7, 11) is -2.15. The third kappa shape index (κ3) is 4.80. The van der Waals surface area contributed by atoms with Crippen LogP contribution in [0.3, 0.4) is 0 Å². The molecule has 0 radical (unpaired) electrons. The van der Waals surface area contributed by atoms with Crippen molar-refractivity contribution in [2.75, 3.05) is 82.4 Å². The summed E-state index contributed by atoms with van der Waals surface area (Å²) in [6, 6.07) is 10.6. The quantitative estimate of drug-likeness (QED) is 0.614. The monoisotopic (exact) mass is 462 g/mol. The summed E-state index contributed by atoms with van der Waals surface area (Å²) in [6.45, 7) is 6.22. The SMILES string of the molecule is COc1ccccc1S(=O)(=O)N1CCN(c2ccc(N3CCN(CCO)CC3)nn2)CC1. The number of aliphatic hydroxyl groups excluding tert-OH is 1. The van der Waals surface area contributed by atoms with E-state index in [0.29, 0.717) is 38.5 Å². The number of β-amino-alcohol motifs (C(OH)–C–C–N with tert-alkyl or cyclic N) is 1. The molecule has 3 heterocycles. The Labute approximate surface area is 189 Å². The van der Waals surface area contributed by atoms with E-state index in [2.05, 4.69) is 24.9 Å². The highest BCUT2D eigenvalue weighted by molar-refractivity contribution is 7.89. The van der Waals surface area contributed by atoms with Gasteiger partial charge in [0.25, 0.3) is 0 Å². The summed E-state index contributed by atoms with van der Waals surface area (Å²) in [4.78, 5) is 6.68. The molecule has 2 aromatic rings. The molecule has 1 aromatic carbocycles. The van der Waals surface area contributed by atoms with Gasteiger partial charge in [-0.25, -0.2) is 8.42 Å². The summed E-state index contributed by atoms with van der Waals surface area (Å²) in [5.74, 6) is 1.95. The number of sulfonamides is 1. The molecule has 1 N–H and O–H groups in total. The topological polar surface area (TPSA) is 102 Å². The maximum Gasteiger partial charge on any atom is 0.246 e. The van der Waals surface area contributed by atoms with E-state index < -0.39 is 10.0 Å². The Balaban J connectivity index is 1.35. The second-order valence-electron chi connectivity index (χ2n) is 7.84. The molecule has 2 saturated heterocycles. The molecule has 4 rings (SSSR count). The van der Waals surface area contributed by atoms with Crippen LogP contribution >= 0.6 is 0 Å². The molecule has 0 bridgehead atoms. The highest BCUT2D eigenvalue weighted by atomic mass is 32.2. The highest BCUT2D eigenvalue weighted by Gasteiger charge is 2.31. The second kappa shape index (κ2) is 9.99. The zero-order valence-corrected chi connectivity index (χ0v) is 19.1. The number of methoxy groups -OCH3 is 1. The minimum Gasteiger partial charge on any atom is -0.495 e. The number of ether oxygens (including phenoxy) is 1. The fraction of sp³-hybridized carbons (Fsp3) is 0.524. The first kappa shape index (κ1) is 22.7. The lowest BCUT2D eigenvalue weighted by atomic mass is 10.3. The third-order valence-electron chi connectivity index (χ3n) is 6.00. The Kier molecular flexibility index (Phi) is 7.09. The van der Waals surface area contributed by atoms with Crippen molar-refractivity contribution in [2.24, 2.45) is 0 Å². The molecule has 0 spiro atoms. The van der Waals surface area contributed by atoms with Crippen LogP contribution in [-0.4, -0.2) is 106 Å². The van der Waals surface area contributed by atoms with Crippen LogP contribution in [0, 0.1) is 0 Å².